The van der Waals surface area contributed by atoms with Crippen molar-refractivity contribution in [3.63, 3.8) is 0 Å². The lowest BCUT2D eigenvalue weighted by Crippen LogP contribution is -2.21. The SMILES string of the molecule is COc1cc(/C=N\NC(=O)c2c(Cl)c(C)nn2C)ccc1OCc1ccccc1. The standard InChI is InChI=1S/C21H21ClN4O3/c1-14-19(22)20(26(2)25-14)21(27)24-23-12-16-9-10-17(18(11-16)28-3)29-13-15-7-5-4-6-8-15/h4-12H,13H2,1-3H3,(H,24,27)/b23-12-. The number of hydrogen-bond donors (Lipinski definition) is 1. The van der Waals surface area contributed by atoms with E-state index < -0.39 is 5.91 Å². The first-order valence-corrected chi connectivity index (χ1v) is 9.24. The summed E-state index contributed by atoms with van der Waals surface area (Å²) in [6.07, 6.45) is 1.51. The van der Waals surface area contributed by atoms with Crippen molar-refractivity contribution in [1.29, 1.82) is 0 Å². The van der Waals surface area contributed by atoms with Crippen molar-refractivity contribution in [3.05, 3.63) is 76.1 Å². The number of rotatable bonds is 7. The Labute approximate surface area is 173 Å². The number of amides is 1. The van der Waals surface area contributed by atoms with Gasteiger partial charge in [-0.15, -0.1) is 0 Å². The fraction of sp³-hybridized carbons (Fsp3) is 0.190. The summed E-state index contributed by atoms with van der Waals surface area (Å²) in [4.78, 5) is 12.3. The van der Waals surface area contributed by atoms with Crippen LogP contribution >= 0.6 is 11.6 Å². The number of hydrogen-bond acceptors (Lipinski definition) is 5. The van der Waals surface area contributed by atoms with Crippen LogP contribution in [0.5, 0.6) is 11.5 Å². The Hall–Kier alpha value is -3.32. The molecule has 29 heavy (non-hydrogen) atoms. The molecule has 1 amide bonds. The molecule has 0 saturated carbocycles. The van der Waals surface area contributed by atoms with Gasteiger partial charge in [0.05, 0.1) is 24.0 Å². The first-order chi connectivity index (χ1) is 14.0. The average Bonchev–Trinajstić information content (AvgIpc) is 2.99. The molecule has 0 saturated heterocycles. The lowest BCUT2D eigenvalue weighted by molar-refractivity contribution is 0.0946. The van der Waals surface area contributed by atoms with Gasteiger partial charge in [-0.1, -0.05) is 41.9 Å². The maximum absolute atomic E-state index is 12.3. The van der Waals surface area contributed by atoms with Crippen LogP contribution in [0, 0.1) is 6.92 Å². The fourth-order valence-electron chi connectivity index (χ4n) is 2.72. The molecule has 1 N–H and O–H groups in total. The molecule has 0 spiro atoms. The summed E-state index contributed by atoms with van der Waals surface area (Å²) < 4.78 is 12.7. The quantitative estimate of drug-likeness (QED) is 0.473. The number of aryl methyl sites for hydroxylation is 2. The second kappa shape index (κ2) is 9.25. The molecule has 0 radical (unpaired) electrons. The van der Waals surface area contributed by atoms with Crippen LogP contribution in [0.1, 0.15) is 27.3 Å². The zero-order valence-corrected chi connectivity index (χ0v) is 17.1. The Morgan fingerprint density at radius 3 is 2.66 bits per heavy atom. The molecule has 7 nitrogen and oxygen atoms in total. The number of ether oxygens (including phenoxy) is 2. The van der Waals surface area contributed by atoms with E-state index in [9.17, 15) is 4.79 Å². The highest BCUT2D eigenvalue weighted by Gasteiger charge is 2.18. The number of methoxy groups -OCH3 is 1. The molecule has 1 aromatic heterocycles. The van der Waals surface area contributed by atoms with Crippen LogP contribution < -0.4 is 14.9 Å². The lowest BCUT2D eigenvalue weighted by atomic mass is 10.2. The van der Waals surface area contributed by atoms with Crippen LogP contribution in [0.3, 0.4) is 0 Å². The molecule has 150 valence electrons. The van der Waals surface area contributed by atoms with Gasteiger partial charge >= 0.3 is 0 Å². The van der Waals surface area contributed by atoms with Crippen LogP contribution in [0.15, 0.2) is 53.6 Å². The third-order valence-corrected chi connectivity index (χ3v) is 4.62. The van der Waals surface area contributed by atoms with Crippen LogP contribution in [0.4, 0.5) is 0 Å². The molecule has 0 atom stereocenters. The van der Waals surface area contributed by atoms with Crippen molar-refractivity contribution in [2.45, 2.75) is 13.5 Å². The normalized spacial score (nSPS) is 10.9. The van der Waals surface area contributed by atoms with Crippen molar-refractivity contribution in [3.8, 4) is 11.5 Å². The van der Waals surface area contributed by atoms with Gasteiger partial charge in [0.2, 0.25) is 0 Å². The van der Waals surface area contributed by atoms with Crippen LogP contribution in [0.2, 0.25) is 5.02 Å². The van der Waals surface area contributed by atoms with Crippen molar-refractivity contribution < 1.29 is 14.3 Å². The van der Waals surface area contributed by atoms with Gasteiger partial charge in [-0.25, -0.2) is 5.43 Å². The number of benzene rings is 2. The van der Waals surface area contributed by atoms with E-state index in [0.717, 1.165) is 11.1 Å². The number of nitrogens with one attached hydrogen (secondary N) is 1. The largest absolute Gasteiger partial charge is 0.493 e. The second-order valence-corrected chi connectivity index (χ2v) is 6.63. The van der Waals surface area contributed by atoms with E-state index in [4.69, 9.17) is 21.1 Å². The Morgan fingerprint density at radius 1 is 1.24 bits per heavy atom. The number of aromatic nitrogens is 2. The van der Waals surface area contributed by atoms with E-state index in [2.05, 4.69) is 15.6 Å². The van der Waals surface area contributed by atoms with E-state index >= 15 is 0 Å². The Bertz CT molecular complexity index is 1030. The first-order valence-electron chi connectivity index (χ1n) is 8.87. The highest BCUT2D eigenvalue weighted by atomic mass is 35.5. The summed E-state index contributed by atoms with van der Waals surface area (Å²) in [5.74, 6) is 0.750. The molecule has 0 aliphatic carbocycles. The molecule has 1 heterocycles. The summed E-state index contributed by atoms with van der Waals surface area (Å²) in [5, 5.41) is 8.41. The number of halogens is 1. The average molecular weight is 413 g/mol. The van der Waals surface area contributed by atoms with E-state index in [1.54, 1.807) is 33.2 Å². The van der Waals surface area contributed by atoms with Gasteiger partial charge in [-0.2, -0.15) is 10.2 Å². The molecule has 3 rings (SSSR count). The predicted octanol–water partition coefficient (Wildman–Crippen LogP) is 3.73. The third-order valence-electron chi connectivity index (χ3n) is 4.17. The van der Waals surface area contributed by atoms with Crippen molar-refractivity contribution in [2.75, 3.05) is 7.11 Å². The third kappa shape index (κ3) is 4.94. The number of carbonyl (C=O) groups is 1. The minimum atomic E-state index is -0.441. The molecular formula is C21H21ClN4O3. The fourth-order valence-corrected chi connectivity index (χ4v) is 2.96. The Balaban J connectivity index is 1.65. The molecule has 0 fully saturated rings. The van der Waals surface area contributed by atoms with Gasteiger partial charge in [0.25, 0.3) is 5.91 Å². The van der Waals surface area contributed by atoms with E-state index in [0.29, 0.717) is 28.8 Å². The van der Waals surface area contributed by atoms with Gasteiger partial charge in [-0.05, 0) is 36.2 Å². The number of carbonyl (C=O) groups excluding carboxylic acids is 1. The van der Waals surface area contributed by atoms with Gasteiger partial charge in [0.15, 0.2) is 11.5 Å². The smallest absolute Gasteiger partial charge is 0.291 e. The molecular weight excluding hydrogens is 392 g/mol. The predicted molar refractivity (Wildman–Crippen MR) is 112 cm³/mol. The van der Waals surface area contributed by atoms with E-state index in [-0.39, 0.29) is 5.69 Å². The molecule has 3 aromatic rings. The van der Waals surface area contributed by atoms with Crippen molar-refractivity contribution in [2.24, 2.45) is 12.1 Å². The van der Waals surface area contributed by atoms with Crippen molar-refractivity contribution >= 4 is 23.7 Å². The zero-order chi connectivity index (χ0) is 20.8. The second-order valence-electron chi connectivity index (χ2n) is 6.26. The minimum absolute atomic E-state index is 0.253. The number of nitrogens with zero attached hydrogens (tertiary/aromatic N) is 3. The van der Waals surface area contributed by atoms with Crippen LogP contribution in [-0.2, 0) is 13.7 Å². The van der Waals surface area contributed by atoms with Crippen LogP contribution in [-0.4, -0.2) is 29.0 Å². The lowest BCUT2D eigenvalue weighted by Gasteiger charge is -2.11. The van der Waals surface area contributed by atoms with Crippen LogP contribution in [0.25, 0.3) is 0 Å². The molecule has 2 aromatic carbocycles. The Kier molecular flexibility index (Phi) is 6.51. The first kappa shape index (κ1) is 20.4. The van der Waals surface area contributed by atoms with Crippen molar-refractivity contribution in [1.82, 2.24) is 15.2 Å². The summed E-state index contributed by atoms with van der Waals surface area (Å²) in [5.41, 5.74) is 5.09. The molecule has 0 aliphatic heterocycles. The summed E-state index contributed by atoms with van der Waals surface area (Å²) in [7, 11) is 3.22. The maximum atomic E-state index is 12.3. The van der Waals surface area contributed by atoms with Gasteiger partial charge in [-0.3, -0.25) is 9.48 Å². The zero-order valence-electron chi connectivity index (χ0n) is 16.3. The minimum Gasteiger partial charge on any atom is -0.493 e. The number of hydrazone groups is 1. The highest BCUT2D eigenvalue weighted by molar-refractivity contribution is 6.34. The molecule has 0 bridgehead atoms. The maximum Gasteiger partial charge on any atom is 0.291 e. The monoisotopic (exact) mass is 412 g/mol. The van der Waals surface area contributed by atoms with E-state index in [1.807, 2.05) is 36.4 Å². The Morgan fingerprint density at radius 2 is 2.00 bits per heavy atom. The van der Waals surface area contributed by atoms with E-state index in [1.165, 1.54) is 10.9 Å². The summed E-state index contributed by atoms with van der Waals surface area (Å²) in [6, 6.07) is 15.3. The topological polar surface area (TPSA) is 77.7 Å². The molecule has 0 aliphatic rings. The molecule has 8 heteroatoms. The highest BCUT2D eigenvalue weighted by Crippen LogP contribution is 2.28. The molecule has 0 unspecified atom stereocenters. The van der Waals surface area contributed by atoms with Gasteiger partial charge in [0.1, 0.15) is 12.3 Å². The van der Waals surface area contributed by atoms with Gasteiger partial charge < -0.3 is 9.47 Å². The summed E-state index contributed by atoms with van der Waals surface area (Å²) >= 11 is 6.11. The summed E-state index contributed by atoms with van der Waals surface area (Å²) in [6.45, 7) is 2.17. The van der Waals surface area contributed by atoms with Gasteiger partial charge in [0, 0.05) is 7.05 Å².